The van der Waals surface area contributed by atoms with Crippen molar-refractivity contribution in [3.8, 4) is 67.4 Å². The summed E-state index contributed by atoms with van der Waals surface area (Å²) in [5.74, 6) is 1.46. The summed E-state index contributed by atoms with van der Waals surface area (Å²) in [7, 11) is 0. The zero-order valence-corrected chi connectivity index (χ0v) is 62.4. The molecule has 2 aliphatic rings. The van der Waals surface area contributed by atoms with Gasteiger partial charge in [-0.2, -0.15) is 0 Å². The van der Waals surface area contributed by atoms with Crippen molar-refractivity contribution in [3.63, 3.8) is 0 Å². The second kappa shape index (κ2) is 23.2. The van der Waals surface area contributed by atoms with Crippen molar-refractivity contribution in [2.45, 2.75) is 163 Å². The highest BCUT2D eigenvalue weighted by molar-refractivity contribution is 6.22. The number of hydrogen-bond acceptors (Lipinski definition) is 2. The number of nitrogens with zero attached hydrogens (tertiary/aromatic N) is 3. The van der Waals surface area contributed by atoms with Gasteiger partial charge in [0.25, 0.3) is 0 Å². The van der Waals surface area contributed by atoms with E-state index >= 15 is 0 Å². The third-order valence-electron chi connectivity index (χ3n) is 21.8. The summed E-state index contributed by atoms with van der Waals surface area (Å²) in [6.07, 6.45) is 0. The Bertz CT molecular complexity index is 5520. The fourth-order valence-corrected chi connectivity index (χ4v) is 15.9. The van der Waals surface area contributed by atoms with Crippen LogP contribution in [0.15, 0.2) is 243 Å². The lowest BCUT2D eigenvalue weighted by molar-refractivity contribution is 0.452. The second-order valence-corrected chi connectivity index (χ2v) is 35.1. The largest absolute Gasteiger partial charge is 0.457 e. The average molecular weight is 1320 g/mol. The third kappa shape index (κ3) is 11.2. The highest BCUT2D eigenvalue weighted by Crippen LogP contribution is 2.63. The van der Waals surface area contributed by atoms with Crippen molar-refractivity contribution in [2.75, 3.05) is 4.90 Å². The molecule has 0 spiro atoms. The average Bonchev–Trinajstić information content (AvgIpc) is 1.63. The summed E-state index contributed by atoms with van der Waals surface area (Å²) < 4.78 is 12.8. The van der Waals surface area contributed by atoms with E-state index in [0.29, 0.717) is 0 Å². The molecule has 0 bridgehead atoms. The van der Waals surface area contributed by atoms with E-state index in [2.05, 4.69) is 381 Å². The van der Waals surface area contributed by atoms with E-state index in [1.54, 1.807) is 0 Å². The Morgan fingerprint density at radius 2 is 0.752 bits per heavy atom. The van der Waals surface area contributed by atoms with Crippen LogP contribution in [-0.2, 0) is 32.5 Å². The molecular weight excluding hydrogens is 1220 g/mol. The second-order valence-electron chi connectivity index (χ2n) is 35.1. The van der Waals surface area contributed by atoms with E-state index in [4.69, 9.17) is 4.74 Å². The maximum absolute atomic E-state index is 7.81. The van der Waals surface area contributed by atoms with E-state index in [-0.39, 0.29) is 38.4 Å². The molecule has 504 valence electrons. The van der Waals surface area contributed by atoms with Crippen molar-refractivity contribution in [3.05, 3.63) is 293 Å². The third-order valence-corrected chi connectivity index (χ3v) is 21.8. The highest BCUT2D eigenvalue weighted by atomic mass is 16.5. The minimum Gasteiger partial charge on any atom is -0.457 e. The number of ether oxygens (including phenoxy) is 1. The summed E-state index contributed by atoms with van der Waals surface area (Å²) in [6.45, 7) is 42.1. The van der Waals surface area contributed by atoms with Gasteiger partial charge in [0.15, 0.2) is 0 Å². The molecule has 16 rings (SSSR count). The van der Waals surface area contributed by atoms with Gasteiger partial charge in [0, 0.05) is 61.5 Å². The Hall–Kier alpha value is -10.2. The van der Waals surface area contributed by atoms with Gasteiger partial charge in [0.1, 0.15) is 11.5 Å². The van der Waals surface area contributed by atoms with Crippen molar-refractivity contribution in [2.24, 2.45) is 0 Å². The van der Waals surface area contributed by atoms with Crippen molar-refractivity contribution in [1.82, 2.24) is 9.13 Å². The van der Waals surface area contributed by atoms with Gasteiger partial charge in [0.05, 0.1) is 44.8 Å². The van der Waals surface area contributed by atoms with E-state index in [0.717, 1.165) is 101 Å². The first-order valence-corrected chi connectivity index (χ1v) is 36.5. The van der Waals surface area contributed by atoms with Crippen LogP contribution >= 0.6 is 0 Å². The van der Waals surface area contributed by atoms with Crippen LogP contribution in [0.5, 0.6) is 11.5 Å². The summed E-state index contributed by atoms with van der Waals surface area (Å²) in [5.41, 5.74) is 30.2. The van der Waals surface area contributed by atoms with Gasteiger partial charge in [-0.1, -0.05) is 288 Å². The summed E-state index contributed by atoms with van der Waals surface area (Å²) >= 11 is 0. The number of aromatic nitrogens is 2. The Balaban J connectivity index is 1.10. The normalized spacial score (nSPS) is 14.2. The predicted octanol–water partition coefficient (Wildman–Crippen LogP) is 27.4. The first kappa shape index (κ1) is 65.5. The zero-order valence-electron chi connectivity index (χ0n) is 62.4. The summed E-state index contributed by atoms with van der Waals surface area (Å²) in [4.78, 5) is 2.71. The number of rotatable bonds is 7. The van der Waals surface area contributed by atoms with Gasteiger partial charge >= 0.3 is 0 Å². The van der Waals surface area contributed by atoms with Gasteiger partial charge in [-0.15, -0.1) is 0 Å². The molecule has 0 fully saturated rings. The van der Waals surface area contributed by atoms with E-state index < -0.39 is 0 Å². The maximum Gasteiger partial charge on any atom is 0.135 e. The van der Waals surface area contributed by atoms with Crippen molar-refractivity contribution >= 4 is 60.7 Å². The van der Waals surface area contributed by atoms with Crippen LogP contribution < -0.4 is 9.64 Å². The highest BCUT2D eigenvalue weighted by Gasteiger charge is 2.43. The van der Waals surface area contributed by atoms with Crippen LogP contribution in [0.2, 0.25) is 0 Å². The molecule has 12 aromatic carbocycles. The van der Waals surface area contributed by atoms with Crippen molar-refractivity contribution < 1.29 is 4.74 Å². The Morgan fingerprint density at radius 1 is 0.287 bits per heavy atom. The quantitative estimate of drug-likeness (QED) is 0.159. The van der Waals surface area contributed by atoms with Gasteiger partial charge in [-0.25, -0.2) is 0 Å². The number of anilines is 3. The lowest BCUT2D eigenvalue weighted by atomic mass is 9.75. The first-order valence-electron chi connectivity index (χ1n) is 36.5. The van der Waals surface area contributed by atoms with Crippen LogP contribution in [0, 0.1) is 0 Å². The molecule has 2 aliphatic heterocycles. The smallest absolute Gasteiger partial charge is 0.135 e. The lowest BCUT2D eigenvalue weighted by Crippen LogP contribution is -2.26. The van der Waals surface area contributed by atoms with Gasteiger partial charge in [-0.3, -0.25) is 0 Å². The van der Waals surface area contributed by atoms with E-state index in [1.807, 2.05) is 0 Å². The Morgan fingerprint density at radius 3 is 1.29 bits per heavy atom. The fourth-order valence-electron chi connectivity index (χ4n) is 15.9. The van der Waals surface area contributed by atoms with Crippen molar-refractivity contribution in [1.29, 1.82) is 0 Å². The van der Waals surface area contributed by atoms with Gasteiger partial charge in [0.2, 0.25) is 0 Å². The van der Waals surface area contributed by atoms with Crippen LogP contribution in [0.3, 0.4) is 0 Å². The molecule has 14 aromatic rings. The first-order chi connectivity index (χ1) is 47.9. The zero-order chi connectivity index (χ0) is 70.8. The number of para-hydroxylation sites is 2. The van der Waals surface area contributed by atoms with Crippen LogP contribution in [-0.4, -0.2) is 9.13 Å². The molecule has 0 aliphatic carbocycles. The summed E-state index contributed by atoms with van der Waals surface area (Å²) in [5, 5.41) is 4.85. The Labute approximate surface area is 598 Å². The number of fused-ring (bicyclic) bond motifs is 10. The van der Waals surface area contributed by atoms with Crippen LogP contribution in [0.25, 0.3) is 99.5 Å². The SMILES string of the molecule is CC(C)(C)c1cc(-c2ccc3c(c2)C2c4ccc(-c5cc(C(C)(C)C)cc(C(C)(C)C)c5)cc4N(c4c(-c5ccccc5)cc5c(c4-c4ccccc4)c4ccccc4n5-c4ccccc4)c4cc(-n5c6ccc(C(C)(C)C)cc6c6cc(C(C)(C)C)ccc65)cc(c42)O3)cc(C(C)(C)C)c1. The molecule has 0 N–H and O–H groups in total. The van der Waals surface area contributed by atoms with E-state index in [1.165, 1.54) is 77.2 Å². The number of benzene rings is 12. The van der Waals surface area contributed by atoms with Crippen LogP contribution in [0.4, 0.5) is 17.1 Å². The standard InChI is InChI=1S/C97H95N3O/c1-92(2,3)65-40-43-80-76(54-65)77-55-66(93(4,5)6)41-44-81(77)99(80)72-56-83-90-86(57-72)101-85-45-39-61(63-46-67(94(7,8)9)52-68(47-63)95(10,11)12)50-78(85)88(90)74-42-38-62(64-48-69(96(13,14)15)53-70(49-64)97(16,17)18)51-82(74)100(83)91-75(59-30-22-19-23-31-59)58-84-89(87(91)60-32-24-20-25-33-60)73-36-28-29-37-79(73)98(84)71-34-26-21-27-35-71/h19-58,88H,1-18H3. The van der Waals surface area contributed by atoms with Gasteiger partial charge < -0.3 is 18.8 Å². The molecule has 1 unspecified atom stereocenters. The molecule has 101 heavy (non-hydrogen) atoms. The molecule has 0 saturated carbocycles. The van der Waals surface area contributed by atoms with Gasteiger partial charge in [-0.05, 0) is 178 Å². The van der Waals surface area contributed by atoms with E-state index in [9.17, 15) is 0 Å². The molecule has 4 heterocycles. The minimum atomic E-state index is -0.247. The number of hydrogen-bond donors (Lipinski definition) is 0. The molecular formula is C97H95N3O. The Kier molecular flexibility index (Phi) is 15.0. The minimum absolute atomic E-state index is 0.0702. The monoisotopic (exact) mass is 1320 g/mol. The fraction of sp³-hybridized carbons (Fsp3) is 0.258. The molecule has 4 heteroatoms. The molecule has 1 atom stereocenters. The molecule has 2 aromatic heterocycles. The maximum atomic E-state index is 7.81. The summed E-state index contributed by atoms with van der Waals surface area (Å²) in [6, 6.07) is 93.5. The topological polar surface area (TPSA) is 22.3 Å². The van der Waals surface area contributed by atoms with Crippen LogP contribution in [0.1, 0.15) is 181 Å². The molecule has 0 saturated heterocycles. The molecule has 4 nitrogen and oxygen atoms in total. The predicted molar refractivity (Wildman–Crippen MR) is 431 cm³/mol. The molecule has 0 amide bonds. The lowest BCUT2D eigenvalue weighted by Gasteiger charge is -2.43. The molecule has 0 radical (unpaired) electrons.